The van der Waals surface area contributed by atoms with Crippen LogP contribution in [0.25, 0.3) is 0 Å². The topological polar surface area (TPSA) is 42.0 Å². The third kappa shape index (κ3) is 5.48. The summed E-state index contributed by atoms with van der Waals surface area (Å²) in [4.78, 5) is 16.9. The van der Waals surface area contributed by atoms with Crippen LogP contribution in [0.3, 0.4) is 0 Å². The highest BCUT2D eigenvalue weighted by Gasteiger charge is 2.20. The summed E-state index contributed by atoms with van der Waals surface area (Å²) in [7, 11) is 3.22. The molecule has 156 valence electrons. The largest absolute Gasteiger partial charge is 0.493 e. The second-order valence-corrected chi connectivity index (χ2v) is 7.25. The van der Waals surface area contributed by atoms with E-state index in [-0.39, 0.29) is 11.7 Å². The van der Waals surface area contributed by atoms with Crippen LogP contribution in [0.1, 0.15) is 24.0 Å². The van der Waals surface area contributed by atoms with Crippen LogP contribution in [0.4, 0.5) is 4.39 Å². The van der Waals surface area contributed by atoms with E-state index >= 15 is 0 Å². The quantitative estimate of drug-likeness (QED) is 0.713. The average Bonchev–Trinajstić information content (AvgIpc) is 2.99. The summed E-state index contributed by atoms with van der Waals surface area (Å²) in [6.07, 6.45) is 1.92. The summed E-state index contributed by atoms with van der Waals surface area (Å²) in [5.41, 5.74) is 1.67. The second-order valence-electron chi connectivity index (χ2n) is 7.25. The third-order valence-electron chi connectivity index (χ3n) is 5.39. The molecule has 0 bridgehead atoms. The fourth-order valence-corrected chi connectivity index (χ4v) is 3.80. The molecule has 1 aliphatic rings. The van der Waals surface area contributed by atoms with E-state index in [0.29, 0.717) is 43.0 Å². The van der Waals surface area contributed by atoms with Gasteiger partial charge in [-0.3, -0.25) is 9.69 Å². The number of amides is 1. The Labute approximate surface area is 172 Å². The first-order valence-electron chi connectivity index (χ1n) is 10.1. The van der Waals surface area contributed by atoms with Gasteiger partial charge in [0.05, 0.1) is 14.2 Å². The average molecular weight is 400 g/mol. The third-order valence-corrected chi connectivity index (χ3v) is 5.39. The monoisotopic (exact) mass is 400 g/mol. The Balaban J connectivity index is 1.54. The van der Waals surface area contributed by atoms with Crippen molar-refractivity contribution in [1.82, 2.24) is 9.80 Å². The van der Waals surface area contributed by atoms with E-state index in [4.69, 9.17) is 9.47 Å². The fourth-order valence-electron chi connectivity index (χ4n) is 3.80. The van der Waals surface area contributed by atoms with Crippen LogP contribution in [0, 0.1) is 5.82 Å². The van der Waals surface area contributed by atoms with E-state index < -0.39 is 0 Å². The number of carbonyl (C=O) groups is 1. The van der Waals surface area contributed by atoms with Crippen molar-refractivity contribution >= 4 is 5.91 Å². The maximum Gasteiger partial charge on any atom is 0.222 e. The van der Waals surface area contributed by atoms with E-state index in [9.17, 15) is 9.18 Å². The highest BCUT2D eigenvalue weighted by atomic mass is 19.1. The molecule has 29 heavy (non-hydrogen) atoms. The molecule has 0 N–H and O–H groups in total. The van der Waals surface area contributed by atoms with Gasteiger partial charge in [-0.1, -0.05) is 30.3 Å². The lowest BCUT2D eigenvalue weighted by Gasteiger charge is -2.22. The maximum atomic E-state index is 13.9. The first-order valence-corrected chi connectivity index (χ1v) is 10.1. The van der Waals surface area contributed by atoms with Gasteiger partial charge in [0.25, 0.3) is 0 Å². The van der Waals surface area contributed by atoms with Crippen molar-refractivity contribution in [3.8, 4) is 11.5 Å². The fraction of sp³-hybridized carbons (Fsp3) is 0.435. The molecule has 2 aromatic carbocycles. The van der Waals surface area contributed by atoms with Crippen molar-refractivity contribution in [3.05, 3.63) is 59.4 Å². The normalized spacial score (nSPS) is 15.1. The van der Waals surface area contributed by atoms with E-state index in [1.165, 1.54) is 6.07 Å². The number of carbonyl (C=O) groups excluding carboxylic acids is 1. The lowest BCUT2D eigenvalue weighted by Crippen LogP contribution is -2.35. The van der Waals surface area contributed by atoms with E-state index in [0.717, 1.165) is 31.6 Å². The molecule has 5 nitrogen and oxygen atoms in total. The molecule has 2 aromatic rings. The number of hydrogen-bond acceptors (Lipinski definition) is 4. The number of hydrogen-bond donors (Lipinski definition) is 0. The Bertz CT molecular complexity index is 828. The molecule has 0 unspecified atom stereocenters. The standard InChI is InChI=1S/C23H29FN2O3/c1-28-21-10-5-8-18(23(21)29-2)11-12-22(27)26-14-6-13-25(15-16-26)17-19-7-3-4-9-20(19)24/h3-5,7-10H,6,11-17H2,1-2H3. The maximum absolute atomic E-state index is 13.9. The molecule has 6 heteroatoms. The first kappa shape index (κ1) is 21.1. The number of rotatable bonds is 7. The molecule has 0 radical (unpaired) electrons. The minimum atomic E-state index is -0.170. The molecular weight excluding hydrogens is 371 g/mol. The van der Waals surface area contributed by atoms with Gasteiger partial charge in [0.2, 0.25) is 5.91 Å². The molecule has 0 atom stereocenters. The summed E-state index contributed by atoms with van der Waals surface area (Å²) in [5, 5.41) is 0. The number of nitrogens with zero attached hydrogens (tertiary/aromatic N) is 2. The molecule has 1 aliphatic heterocycles. The molecule has 1 heterocycles. The summed E-state index contributed by atoms with van der Waals surface area (Å²) in [5.74, 6) is 1.34. The Kier molecular flexibility index (Phi) is 7.47. The van der Waals surface area contributed by atoms with Crippen LogP contribution in [0.5, 0.6) is 11.5 Å². The van der Waals surface area contributed by atoms with Gasteiger partial charge in [-0.15, -0.1) is 0 Å². The minimum absolute atomic E-state index is 0.141. The Morgan fingerprint density at radius 2 is 1.76 bits per heavy atom. The molecule has 0 aliphatic carbocycles. The number of para-hydroxylation sites is 1. The molecule has 0 saturated carbocycles. The number of ether oxygens (including phenoxy) is 2. The van der Waals surface area contributed by atoms with Crippen molar-refractivity contribution in [2.75, 3.05) is 40.4 Å². The lowest BCUT2D eigenvalue weighted by molar-refractivity contribution is -0.131. The number of halogens is 1. The summed E-state index contributed by atoms with van der Waals surface area (Å²) in [6, 6.07) is 12.6. The lowest BCUT2D eigenvalue weighted by atomic mass is 10.1. The van der Waals surface area contributed by atoms with Crippen molar-refractivity contribution in [2.24, 2.45) is 0 Å². The minimum Gasteiger partial charge on any atom is -0.493 e. The number of methoxy groups -OCH3 is 2. The predicted molar refractivity (Wildman–Crippen MR) is 111 cm³/mol. The van der Waals surface area contributed by atoms with Gasteiger partial charge >= 0.3 is 0 Å². The molecule has 0 spiro atoms. The SMILES string of the molecule is COc1cccc(CCC(=O)N2CCCN(Cc3ccccc3F)CC2)c1OC. The molecule has 1 fully saturated rings. The van der Waals surface area contributed by atoms with Crippen LogP contribution in [0.15, 0.2) is 42.5 Å². The van der Waals surface area contributed by atoms with Crippen molar-refractivity contribution in [2.45, 2.75) is 25.8 Å². The number of aryl methyl sites for hydroxylation is 1. The van der Waals surface area contributed by atoms with Crippen molar-refractivity contribution in [1.29, 1.82) is 0 Å². The van der Waals surface area contributed by atoms with E-state index in [1.807, 2.05) is 35.2 Å². The summed E-state index contributed by atoms with van der Waals surface area (Å²) < 4.78 is 24.7. The van der Waals surface area contributed by atoms with Gasteiger partial charge in [-0.25, -0.2) is 4.39 Å². The van der Waals surface area contributed by atoms with Crippen LogP contribution in [-0.4, -0.2) is 56.1 Å². The second kappa shape index (κ2) is 10.3. The smallest absolute Gasteiger partial charge is 0.222 e. The van der Waals surface area contributed by atoms with Gasteiger partial charge in [0.15, 0.2) is 11.5 Å². The zero-order chi connectivity index (χ0) is 20.6. The number of benzene rings is 2. The van der Waals surface area contributed by atoms with Crippen LogP contribution in [-0.2, 0) is 17.8 Å². The van der Waals surface area contributed by atoms with E-state index in [2.05, 4.69) is 4.90 Å². The highest BCUT2D eigenvalue weighted by Crippen LogP contribution is 2.31. The predicted octanol–water partition coefficient (Wildman–Crippen LogP) is 3.51. The van der Waals surface area contributed by atoms with E-state index in [1.54, 1.807) is 20.3 Å². The van der Waals surface area contributed by atoms with Crippen molar-refractivity contribution < 1.29 is 18.7 Å². The zero-order valence-electron chi connectivity index (χ0n) is 17.2. The van der Waals surface area contributed by atoms with Crippen LogP contribution in [0.2, 0.25) is 0 Å². The van der Waals surface area contributed by atoms with Gasteiger partial charge in [0.1, 0.15) is 5.82 Å². The summed E-state index contributed by atoms with van der Waals surface area (Å²) >= 11 is 0. The highest BCUT2D eigenvalue weighted by molar-refractivity contribution is 5.76. The Hall–Kier alpha value is -2.60. The molecule has 0 aromatic heterocycles. The zero-order valence-corrected chi connectivity index (χ0v) is 17.2. The van der Waals surface area contributed by atoms with Crippen LogP contribution >= 0.6 is 0 Å². The molecule has 1 amide bonds. The van der Waals surface area contributed by atoms with Gasteiger partial charge < -0.3 is 14.4 Å². The Morgan fingerprint density at radius 3 is 2.52 bits per heavy atom. The van der Waals surface area contributed by atoms with Gasteiger partial charge in [-0.05, 0) is 30.5 Å². The molecule has 3 rings (SSSR count). The van der Waals surface area contributed by atoms with Gasteiger partial charge in [0, 0.05) is 44.7 Å². The Morgan fingerprint density at radius 1 is 0.966 bits per heavy atom. The van der Waals surface area contributed by atoms with Gasteiger partial charge in [-0.2, -0.15) is 0 Å². The molecule has 1 saturated heterocycles. The summed E-state index contributed by atoms with van der Waals surface area (Å²) in [6.45, 7) is 3.60. The van der Waals surface area contributed by atoms with Crippen LogP contribution < -0.4 is 9.47 Å². The first-order chi connectivity index (χ1) is 14.1. The van der Waals surface area contributed by atoms with Crippen molar-refractivity contribution in [3.63, 3.8) is 0 Å². The molecular formula is C23H29FN2O3.